The van der Waals surface area contributed by atoms with E-state index in [1.165, 1.54) is 5.56 Å². The predicted molar refractivity (Wildman–Crippen MR) is 151 cm³/mol. The number of pyridine rings is 1. The zero-order chi connectivity index (χ0) is 26.4. The Hall–Kier alpha value is -2.50. The average Bonchev–Trinajstić information content (AvgIpc) is 3.35. The highest BCUT2D eigenvalue weighted by Gasteiger charge is 2.62. The van der Waals surface area contributed by atoms with Gasteiger partial charge in [-0.3, -0.25) is 4.79 Å². The molecule has 38 heavy (non-hydrogen) atoms. The van der Waals surface area contributed by atoms with Crippen molar-refractivity contribution in [3.63, 3.8) is 0 Å². The Morgan fingerprint density at radius 3 is 2.68 bits per heavy atom. The maximum absolute atomic E-state index is 14.2. The van der Waals surface area contributed by atoms with E-state index in [1.807, 2.05) is 0 Å². The van der Waals surface area contributed by atoms with Crippen LogP contribution >= 0.6 is 0 Å². The van der Waals surface area contributed by atoms with Crippen LogP contribution in [0.4, 0.5) is 5.82 Å². The van der Waals surface area contributed by atoms with E-state index < -0.39 is 0 Å². The topological polar surface area (TPSA) is 71.5 Å². The molecule has 5 nitrogen and oxygen atoms in total. The Morgan fingerprint density at radius 2 is 1.97 bits per heavy atom. The van der Waals surface area contributed by atoms with Gasteiger partial charge in [-0.25, -0.2) is 4.98 Å². The first-order valence-electron chi connectivity index (χ1n) is 14.7. The van der Waals surface area contributed by atoms with Gasteiger partial charge < -0.3 is 15.2 Å². The summed E-state index contributed by atoms with van der Waals surface area (Å²) >= 11 is 0. The number of nitrogens with zero attached hydrogens (tertiary/aromatic N) is 1. The minimum atomic E-state index is -0.363. The van der Waals surface area contributed by atoms with Gasteiger partial charge in [0.05, 0.1) is 30.0 Å². The van der Waals surface area contributed by atoms with Gasteiger partial charge in [0.2, 0.25) is 0 Å². The van der Waals surface area contributed by atoms with Gasteiger partial charge in [0.25, 0.3) is 0 Å². The Labute approximate surface area is 227 Å². The third-order valence-corrected chi connectivity index (χ3v) is 10.1. The summed E-state index contributed by atoms with van der Waals surface area (Å²) in [7, 11) is 0. The lowest BCUT2D eigenvalue weighted by molar-refractivity contribution is 0.0896. The van der Waals surface area contributed by atoms with Gasteiger partial charge in [-0.05, 0) is 85.8 Å². The fraction of sp³-hybridized carbons (Fsp3) is 0.576. The molecule has 7 unspecified atom stereocenters. The van der Waals surface area contributed by atoms with Crippen LogP contribution in [0.3, 0.4) is 0 Å². The van der Waals surface area contributed by atoms with Gasteiger partial charge in [0.15, 0.2) is 5.78 Å². The van der Waals surface area contributed by atoms with Crippen LogP contribution in [0.15, 0.2) is 42.5 Å². The van der Waals surface area contributed by atoms with Gasteiger partial charge in [0, 0.05) is 17.6 Å². The van der Waals surface area contributed by atoms with Crippen LogP contribution in [0.25, 0.3) is 11.3 Å². The Bertz CT molecular complexity index is 1220. The Kier molecular flexibility index (Phi) is 6.94. The maximum atomic E-state index is 14.2. The molecule has 0 amide bonds. The van der Waals surface area contributed by atoms with Gasteiger partial charge >= 0.3 is 0 Å². The number of hydrogen-bond acceptors (Lipinski definition) is 5. The summed E-state index contributed by atoms with van der Waals surface area (Å²) in [6.07, 6.45) is 11.5. The largest absolute Gasteiger partial charge is 0.393 e. The highest BCUT2D eigenvalue weighted by Crippen LogP contribution is 2.62. The summed E-state index contributed by atoms with van der Waals surface area (Å²) in [6.45, 7) is 7.96. The highest BCUT2D eigenvalue weighted by atomic mass is 16.5. The molecule has 0 radical (unpaired) electrons. The maximum Gasteiger partial charge on any atom is 0.173 e. The molecule has 0 spiro atoms. The molecule has 4 aliphatic rings. The van der Waals surface area contributed by atoms with E-state index >= 15 is 0 Å². The number of hydrogen-bond donors (Lipinski definition) is 2. The minimum absolute atomic E-state index is 0.102. The summed E-state index contributed by atoms with van der Waals surface area (Å²) in [5, 5.41) is 13.5. The number of allylic oxidation sites excluding steroid dienone is 2. The lowest BCUT2D eigenvalue weighted by Crippen LogP contribution is -2.26. The number of ketones is 1. The predicted octanol–water partition coefficient (Wildman–Crippen LogP) is 6.56. The fourth-order valence-corrected chi connectivity index (χ4v) is 7.13. The number of carbonyl (C=O) groups excluding carboxylic acids is 1. The summed E-state index contributed by atoms with van der Waals surface area (Å²) in [5.41, 5.74) is 4.87. The van der Waals surface area contributed by atoms with Crippen molar-refractivity contribution < 1.29 is 14.6 Å². The number of carbonyl (C=O) groups is 1. The number of Topliss-reactive ketones (excluding diaryl/α,β-unsaturated/α-hetero) is 1. The van der Waals surface area contributed by atoms with Crippen molar-refractivity contribution in [2.24, 2.45) is 23.2 Å². The van der Waals surface area contributed by atoms with Crippen LogP contribution < -0.4 is 5.32 Å². The number of rotatable bonds is 6. The van der Waals surface area contributed by atoms with Crippen LogP contribution in [0, 0.1) is 23.2 Å². The SMILES string of the molecule is CC1CC=CC2C(C)C2(C)C(=O)c2c1cc(-c1ccc(CCC3CCC(O)C3)cc1)nc2NC1CCOC1. The third-order valence-electron chi connectivity index (χ3n) is 10.1. The number of anilines is 1. The second-order valence-corrected chi connectivity index (χ2v) is 12.6. The van der Waals surface area contributed by atoms with E-state index in [9.17, 15) is 9.90 Å². The van der Waals surface area contributed by atoms with Crippen LogP contribution in [-0.2, 0) is 11.2 Å². The van der Waals surface area contributed by atoms with Crippen molar-refractivity contribution in [1.29, 1.82) is 0 Å². The molecule has 2 aromatic rings. The van der Waals surface area contributed by atoms with E-state index in [0.717, 1.165) is 79.8 Å². The molecular weight excluding hydrogens is 472 g/mol. The first kappa shape index (κ1) is 25.8. The number of benzene rings is 1. The molecule has 2 heterocycles. The number of aromatic nitrogens is 1. The standard InChI is InChI=1S/C33H42N2O3/c1-20-5-4-6-28-21(2)33(28,3)31(37)30-27(20)18-29(35-32(30)34-25-15-16-38-19-25)24-12-9-22(10-13-24)7-8-23-11-14-26(36)17-23/h4,6,9-10,12-13,18,20-21,23,25-26,28,36H,5,7-8,11,14-17,19H2,1-3H3,(H,34,35). The Balaban J connectivity index is 1.34. The van der Waals surface area contributed by atoms with Gasteiger partial charge in [-0.1, -0.05) is 57.2 Å². The molecule has 1 saturated heterocycles. The number of nitrogens with one attached hydrogen (secondary N) is 1. The van der Waals surface area contributed by atoms with E-state index in [1.54, 1.807) is 0 Å². The molecule has 5 heteroatoms. The van der Waals surface area contributed by atoms with Crippen molar-refractivity contribution in [3.8, 4) is 11.3 Å². The van der Waals surface area contributed by atoms with Crippen molar-refractivity contribution in [1.82, 2.24) is 4.98 Å². The van der Waals surface area contributed by atoms with Crippen molar-refractivity contribution in [2.75, 3.05) is 18.5 Å². The molecule has 0 bridgehead atoms. The normalized spacial score (nSPS) is 34.3. The molecule has 1 aromatic carbocycles. The summed E-state index contributed by atoms with van der Waals surface area (Å²) in [6, 6.07) is 11.1. The van der Waals surface area contributed by atoms with Crippen LogP contribution in [-0.4, -0.2) is 41.2 Å². The fourth-order valence-electron chi connectivity index (χ4n) is 7.13. The Morgan fingerprint density at radius 1 is 1.16 bits per heavy atom. The molecule has 3 aliphatic carbocycles. The van der Waals surface area contributed by atoms with Crippen molar-refractivity contribution in [3.05, 3.63) is 59.2 Å². The van der Waals surface area contributed by atoms with E-state index in [4.69, 9.17) is 9.72 Å². The highest BCUT2D eigenvalue weighted by molar-refractivity contribution is 6.08. The van der Waals surface area contributed by atoms with E-state index in [0.29, 0.717) is 24.4 Å². The molecule has 1 aliphatic heterocycles. The zero-order valence-corrected chi connectivity index (χ0v) is 23.1. The summed E-state index contributed by atoms with van der Waals surface area (Å²) in [5.74, 6) is 2.47. The molecule has 7 atom stereocenters. The number of fused-ring (bicyclic) bond motifs is 2. The monoisotopic (exact) mass is 514 g/mol. The third kappa shape index (κ3) is 4.73. The molecule has 6 rings (SSSR count). The van der Waals surface area contributed by atoms with Crippen molar-refractivity contribution >= 4 is 11.6 Å². The van der Waals surface area contributed by atoms with Crippen LogP contribution in [0.5, 0.6) is 0 Å². The van der Waals surface area contributed by atoms with Crippen LogP contribution in [0.2, 0.25) is 0 Å². The number of ether oxygens (including phenoxy) is 1. The smallest absolute Gasteiger partial charge is 0.173 e. The lowest BCUT2D eigenvalue weighted by Gasteiger charge is -2.23. The number of aliphatic hydroxyl groups is 1. The average molecular weight is 515 g/mol. The summed E-state index contributed by atoms with van der Waals surface area (Å²) < 4.78 is 5.65. The quantitative estimate of drug-likeness (QED) is 0.427. The van der Waals surface area contributed by atoms with E-state index in [2.05, 4.69) is 68.6 Å². The van der Waals surface area contributed by atoms with Crippen molar-refractivity contribution in [2.45, 2.75) is 83.8 Å². The zero-order valence-electron chi connectivity index (χ0n) is 23.1. The minimum Gasteiger partial charge on any atom is -0.393 e. The second-order valence-electron chi connectivity index (χ2n) is 12.6. The van der Waals surface area contributed by atoms with Gasteiger partial charge in [-0.2, -0.15) is 0 Å². The molecule has 3 fully saturated rings. The first-order chi connectivity index (χ1) is 18.3. The number of aryl methyl sites for hydroxylation is 1. The molecule has 2 saturated carbocycles. The molecule has 2 N–H and O–H groups in total. The molecular formula is C33H42N2O3. The van der Waals surface area contributed by atoms with E-state index in [-0.39, 0.29) is 29.3 Å². The number of aliphatic hydroxyl groups excluding tert-OH is 1. The van der Waals surface area contributed by atoms with Crippen LogP contribution in [0.1, 0.15) is 86.7 Å². The first-order valence-corrected chi connectivity index (χ1v) is 14.7. The second kappa shape index (κ2) is 10.2. The molecule has 202 valence electrons. The summed E-state index contributed by atoms with van der Waals surface area (Å²) in [4.78, 5) is 19.3. The lowest BCUT2D eigenvalue weighted by atomic mass is 9.85. The molecule has 1 aromatic heterocycles. The van der Waals surface area contributed by atoms with Gasteiger partial charge in [0.1, 0.15) is 5.82 Å². The van der Waals surface area contributed by atoms with Gasteiger partial charge in [-0.15, -0.1) is 0 Å².